The number of hydrogen-bond acceptors (Lipinski definition) is 4. The van der Waals surface area contributed by atoms with Crippen LogP contribution in [0.1, 0.15) is 72.1 Å². The zero-order valence-corrected chi connectivity index (χ0v) is 13.8. The summed E-state index contributed by atoms with van der Waals surface area (Å²) in [6.45, 7) is 6.87. The molecule has 0 aliphatic carbocycles. The monoisotopic (exact) mass is 301 g/mol. The van der Waals surface area contributed by atoms with Crippen LogP contribution >= 0.6 is 0 Å². The molecule has 0 radical (unpaired) electrons. The summed E-state index contributed by atoms with van der Waals surface area (Å²) in [5.74, 6) is -0.360. The van der Waals surface area contributed by atoms with E-state index in [0.29, 0.717) is 19.6 Å². The number of carbonyl (C=O) groups is 2. The van der Waals surface area contributed by atoms with Gasteiger partial charge in [0.15, 0.2) is 0 Å². The van der Waals surface area contributed by atoms with Crippen molar-refractivity contribution in [2.75, 3.05) is 13.2 Å². The van der Waals surface area contributed by atoms with E-state index in [1.807, 2.05) is 13.8 Å². The molecule has 0 aliphatic heterocycles. The van der Waals surface area contributed by atoms with Crippen molar-refractivity contribution < 1.29 is 19.1 Å². The molecule has 1 atom stereocenters. The van der Waals surface area contributed by atoms with Gasteiger partial charge in [0.1, 0.15) is 6.04 Å². The highest BCUT2D eigenvalue weighted by molar-refractivity contribution is 5.81. The molecule has 1 unspecified atom stereocenters. The molecule has 0 saturated heterocycles. The lowest BCUT2D eigenvalue weighted by Gasteiger charge is -2.17. The van der Waals surface area contributed by atoms with E-state index in [1.165, 1.54) is 0 Å². The first-order valence-corrected chi connectivity index (χ1v) is 8.25. The number of hydrogen-bond donors (Lipinski definition) is 1. The summed E-state index contributed by atoms with van der Waals surface area (Å²) in [7, 11) is 0. The molecule has 124 valence electrons. The molecule has 0 aromatic carbocycles. The molecule has 5 nitrogen and oxygen atoms in total. The zero-order chi connectivity index (χ0) is 15.9. The van der Waals surface area contributed by atoms with Crippen LogP contribution in [0.3, 0.4) is 0 Å². The van der Waals surface area contributed by atoms with Gasteiger partial charge < -0.3 is 14.8 Å². The van der Waals surface area contributed by atoms with Crippen LogP contribution in [-0.4, -0.2) is 31.3 Å². The molecule has 0 fully saturated rings. The third-order valence-electron chi connectivity index (χ3n) is 3.10. The van der Waals surface area contributed by atoms with Gasteiger partial charge in [-0.2, -0.15) is 0 Å². The Labute approximate surface area is 128 Å². The second-order valence-electron chi connectivity index (χ2n) is 5.20. The zero-order valence-electron chi connectivity index (χ0n) is 13.8. The highest BCUT2D eigenvalue weighted by Gasteiger charge is 2.22. The maximum absolute atomic E-state index is 11.9. The molecular formula is C16H31NO4. The lowest BCUT2D eigenvalue weighted by atomic mass is 10.1. The standard InChI is InChI=1S/C16H31NO4/c1-4-7-9-10-11-14(15(18)20-12-6-3)17-16(19)21-13-8-5-2/h14H,4-13H2,1-3H3,(H,17,19). The molecule has 0 aromatic heterocycles. The molecule has 0 saturated carbocycles. The number of alkyl carbamates (subject to hydrolysis) is 1. The van der Waals surface area contributed by atoms with Crippen LogP contribution in [0.4, 0.5) is 4.79 Å². The summed E-state index contributed by atoms with van der Waals surface area (Å²) in [6, 6.07) is -0.595. The van der Waals surface area contributed by atoms with Gasteiger partial charge in [-0.3, -0.25) is 0 Å². The van der Waals surface area contributed by atoms with Crippen LogP contribution in [0.25, 0.3) is 0 Å². The van der Waals surface area contributed by atoms with E-state index in [4.69, 9.17) is 9.47 Å². The van der Waals surface area contributed by atoms with Gasteiger partial charge in [-0.1, -0.05) is 52.9 Å². The number of esters is 1. The van der Waals surface area contributed by atoms with Gasteiger partial charge in [0.05, 0.1) is 13.2 Å². The minimum Gasteiger partial charge on any atom is -0.464 e. The van der Waals surface area contributed by atoms with Gasteiger partial charge in [-0.15, -0.1) is 0 Å². The Morgan fingerprint density at radius 1 is 0.857 bits per heavy atom. The normalized spacial score (nSPS) is 11.8. The lowest BCUT2D eigenvalue weighted by Crippen LogP contribution is -2.42. The van der Waals surface area contributed by atoms with Crippen LogP contribution < -0.4 is 5.32 Å². The number of ether oxygens (including phenoxy) is 2. The summed E-state index contributed by atoms with van der Waals surface area (Å²) in [6.07, 6.45) is 6.87. The number of unbranched alkanes of at least 4 members (excludes halogenated alkanes) is 4. The number of rotatable bonds is 12. The van der Waals surface area contributed by atoms with Gasteiger partial charge in [0.2, 0.25) is 0 Å². The second kappa shape index (κ2) is 13.7. The fraction of sp³-hybridized carbons (Fsp3) is 0.875. The molecule has 0 heterocycles. The largest absolute Gasteiger partial charge is 0.464 e. The first kappa shape index (κ1) is 19.7. The average molecular weight is 301 g/mol. The van der Waals surface area contributed by atoms with Crippen molar-refractivity contribution in [2.24, 2.45) is 0 Å². The van der Waals surface area contributed by atoms with Crippen molar-refractivity contribution in [1.82, 2.24) is 5.32 Å². The first-order chi connectivity index (χ1) is 10.2. The number of nitrogens with one attached hydrogen (secondary N) is 1. The van der Waals surface area contributed by atoms with Crippen molar-refractivity contribution in [1.29, 1.82) is 0 Å². The maximum atomic E-state index is 11.9. The lowest BCUT2D eigenvalue weighted by molar-refractivity contribution is -0.146. The van der Waals surface area contributed by atoms with Gasteiger partial charge in [0, 0.05) is 0 Å². The Morgan fingerprint density at radius 2 is 1.57 bits per heavy atom. The van der Waals surface area contributed by atoms with Crippen molar-refractivity contribution >= 4 is 12.1 Å². The Morgan fingerprint density at radius 3 is 2.19 bits per heavy atom. The molecule has 0 aromatic rings. The molecule has 1 amide bonds. The van der Waals surface area contributed by atoms with E-state index in [1.54, 1.807) is 0 Å². The van der Waals surface area contributed by atoms with E-state index < -0.39 is 12.1 Å². The number of amides is 1. The molecule has 0 rings (SSSR count). The Balaban J connectivity index is 4.21. The van der Waals surface area contributed by atoms with Crippen molar-refractivity contribution in [3.05, 3.63) is 0 Å². The first-order valence-electron chi connectivity index (χ1n) is 8.25. The highest BCUT2D eigenvalue weighted by Crippen LogP contribution is 2.08. The molecular weight excluding hydrogens is 270 g/mol. The Bertz CT molecular complexity index is 281. The maximum Gasteiger partial charge on any atom is 0.407 e. The van der Waals surface area contributed by atoms with Crippen LogP contribution in [-0.2, 0) is 14.3 Å². The summed E-state index contributed by atoms with van der Waals surface area (Å²) in [5.41, 5.74) is 0. The van der Waals surface area contributed by atoms with Crippen LogP contribution in [0, 0.1) is 0 Å². The van der Waals surface area contributed by atoms with Gasteiger partial charge in [-0.05, 0) is 19.3 Å². The fourth-order valence-electron chi connectivity index (χ4n) is 1.82. The SMILES string of the molecule is CCCCCCC(NC(=O)OCCCC)C(=O)OCCC. The van der Waals surface area contributed by atoms with E-state index in [0.717, 1.165) is 44.9 Å². The van der Waals surface area contributed by atoms with Gasteiger partial charge in [0.25, 0.3) is 0 Å². The predicted molar refractivity (Wildman–Crippen MR) is 83.2 cm³/mol. The topological polar surface area (TPSA) is 64.6 Å². The smallest absolute Gasteiger partial charge is 0.407 e. The van der Waals surface area contributed by atoms with Crippen LogP contribution in [0.2, 0.25) is 0 Å². The quantitative estimate of drug-likeness (QED) is 0.440. The van der Waals surface area contributed by atoms with E-state index in [2.05, 4.69) is 12.2 Å². The molecule has 0 aliphatic rings. The minimum atomic E-state index is -0.595. The summed E-state index contributed by atoms with van der Waals surface area (Å²) in [5, 5.41) is 2.63. The number of carbonyl (C=O) groups excluding carboxylic acids is 2. The highest BCUT2D eigenvalue weighted by atomic mass is 16.6. The van der Waals surface area contributed by atoms with Crippen LogP contribution in [0.15, 0.2) is 0 Å². The van der Waals surface area contributed by atoms with Crippen molar-refractivity contribution in [2.45, 2.75) is 78.2 Å². The molecule has 0 bridgehead atoms. The van der Waals surface area contributed by atoms with Gasteiger partial charge in [-0.25, -0.2) is 9.59 Å². The Kier molecular flexibility index (Phi) is 12.9. The second-order valence-corrected chi connectivity index (χ2v) is 5.20. The van der Waals surface area contributed by atoms with Gasteiger partial charge >= 0.3 is 12.1 Å². The van der Waals surface area contributed by atoms with Crippen molar-refractivity contribution in [3.63, 3.8) is 0 Å². The summed E-state index contributed by atoms with van der Waals surface area (Å²) < 4.78 is 10.2. The Hall–Kier alpha value is -1.26. The predicted octanol–water partition coefficient (Wildman–Crippen LogP) is 3.80. The third kappa shape index (κ3) is 11.1. The molecule has 21 heavy (non-hydrogen) atoms. The molecule has 0 spiro atoms. The summed E-state index contributed by atoms with van der Waals surface area (Å²) in [4.78, 5) is 23.6. The van der Waals surface area contributed by atoms with E-state index in [-0.39, 0.29) is 5.97 Å². The van der Waals surface area contributed by atoms with Crippen LogP contribution in [0.5, 0.6) is 0 Å². The molecule has 5 heteroatoms. The summed E-state index contributed by atoms with van der Waals surface area (Å²) >= 11 is 0. The third-order valence-corrected chi connectivity index (χ3v) is 3.10. The minimum absolute atomic E-state index is 0.360. The van der Waals surface area contributed by atoms with Crippen molar-refractivity contribution in [3.8, 4) is 0 Å². The fourth-order valence-corrected chi connectivity index (χ4v) is 1.82. The van der Waals surface area contributed by atoms with E-state index in [9.17, 15) is 9.59 Å². The average Bonchev–Trinajstić information content (AvgIpc) is 2.48. The van der Waals surface area contributed by atoms with E-state index >= 15 is 0 Å². The molecule has 1 N–H and O–H groups in total.